The molecule has 0 radical (unpaired) electrons. The van der Waals surface area contributed by atoms with Crippen LogP contribution in [0.2, 0.25) is 0 Å². The minimum Gasteiger partial charge on any atom is -0.427 e. The molecule has 0 saturated carbocycles. The van der Waals surface area contributed by atoms with Crippen molar-refractivity contribution in [2.24, 2.45) is 0 Å². The van der Waals surface area contributed by atoms with Gasteiger partial charge in [-0.1, -0.05) is 6.08 Å². The number of rotatable bonds is 2. The Labute approximate surface area is 80.0 Å². The van der Waals surface area contributed by atoms with Crippen LogP contribution in [-0.2, 0) is 7.86 Å². The molecule has 0 amide bonds. The summed E-state index contributed by atoms with van der Waals surface area (Å²) in [7, 11) is 0. The number of ketones is 1. The van der Waals surface area contributed by atoms with Crippen LogP contribution in [0, 0.1) is 0 Å². The summed E-state index contributed by atoms with van der Waals surface area (Å²) in [5, 5.41) is 0. The fraction of sp³-hybridized carbons (Fsp3) is 0.375. The third-order valence-electron chi connectivity index (χ3n) is 1.57. The van der Waals surface area contributed by atoms with E-state index >= 15 is 0 Å². The maximum absolute atomic E-state index is 11.0. The van der Waals surface area contributed by atoms with Gasteiger partial charge in [-0.3, -0.25) is 4.79 Å². The van der Waals surface area contributed by atoms with Gasteiger partial charge in [-0.15, -0.1) is 0 Å². The highest BCUT2D eigenvalue weighted by Crippen LogP contribution is 2.22. The molecule has 1 aliphatic carbocycles. The van der Waals surface area contributed by atoms with E-state index < -0.39 is 0 Å². The summed E-state index contributed by atoms with van der Waals surface area (Å²) in [4.78, 5) is 11.0. The maximum Gasteiger partial charge on any atom is 0.192 e. The quantitative estimate of drug-likeness (QED) is 0.716. The lowest BCUT2D eigenvalue weighted by Gasteiger charge is -2.09. The Kier molecular flexibility index (Phi) is 3.11. The minimum atomic E-state index is 0.0765. The van der Waals surface area contributed by atoms with Crippen LogP contribution in [0.4, 0.5) is 0 Å². The molecule has 0 atom stereocenters. The number of allylic oxidation sites excluding steroid dienone is 3. The average molecular weight is 264 g/mol. The summed E-state index contributed by atoms with van der Waals surface area (Å²) >= 11 is 1.79. The van der Waals surface area contributed by atoms with Gasteiger partial charge in [-0.25, -0.2) is 0 Å². The third kappa shape index (κ3) is 2.05. The molecule has 0 saturated heterocycles. The van der Waals surface area contributed by atoms with Gasteiger partial charge in [0.2, 0.25) is 0 Å². The van der Waals surface area contributed by atoms with Gasteiger partial charge < -0.3 is 3.07 Å². The predicted octanol–water partition coefficient (Wildman–Crippen LogP) is 2.55. The Hall–Kier alpha value is -0.320. The summed E-state index contributed by atoms with van der Waals surface area (Å²) in [5.74, 6) is 0.789. The first-order valence-corrected chi connectivity index (χ1v) is 4.34. The number of carbonyl (C=O) groups is 1. The first-order chi connectivity index (χ1) is 5.25. The molecule has 11 heavy (non-hydrogen) atoms. The van der Waals surface area contributed by atoms with Crippen LogP contribution in [0.5, 0.6) is 0 Å². The molecule has 0 aromatic heterocycles. The SMILES string of the molecule is CC(=O)C1=CCCC=C1OI. The smallest absolute Gasteiger partial charge is 0.192 e. The van der Waals surface area contributed by atoms with E-state index in [0.717, 1.165) is 12.8 Å². The molecule has 0 aromatic carbocycles. The molecular weight excluding hydrogens is 255 g/mol. The van der Waals surface area contributed by atoms with Crippen LogP contribution in [0.25, 0.3) is 0 Å². The van der Waals surface area contributed by atoms with Crippen molar-refractivity contribution >= 4 is 28.8 Å². The van der Waals surface area contributed by atoms with E-state index in [1.807, 2.05) is 12.2 Å². The Morgan fingerprint density at radius 1 is 1.55 bits per heavy atom. The van der Waals surface area contributed by atoms with Crippen molar-refractivity contribution in [3.63, 3.8) is 0 Å². The fourth-order valence-corrected chi connectivity index (χ4v) is 1.46. The first-order valence-electron chi connectivity index (χ1n) is 3.46. The van der Waals surface area contributed by atoms with Crippen molar-refractivity contribution in [3.05, 3.63) is 23.5 Å². The number of hydrogen-bond acceptors (Lipinski definition) is 2. The summed E-state index contributed by atoms with van der Waals surface area (Å²) < 4.78 is 5.01. The lowest BCUT2D eigenvalue weighted by molar-refractivity contribution is -0.113. The number of halogens is 1. The van der Waals surface area contributed by atoms with Crippen LogP contribution in [0.1, 0.15) is 19.8 Å². The summed E-state index contributed by atoms with van der Waals surface area (Å²) in [6, 6.07) is 0. The van der Waals surface area contributed by atoms with Gasteiger partial charge >= 0.3 is 0 Å². The van der Waals surface area contributed by atoms with E-state index in [1.54, 1.807) is 29.9 Å². The van der Waals surface area contributed by atoms with E-state index in [4.69, 9.17) is 3.07 Å². The lowest BCUT2D eigenvalue weighted by atomic mass is 10.0. The van der Waals surface area contributed by atoms with Crippen molar-refractivity contribution in [1.82, 2.24) is 0 Å². The third-order valence-corrected chi connectivity index (χ3v) is 2.05. The van der Waals surface area contributed by atoms with Crippen molar-refractivity contribution < 1.29 is 7.86 Å². The molecule has 60 valence electrons. The van der Waals surface area contributed by atoms with E-state index in [9.17, 15) is 4.79 Å². The number of hydrogen-bond donors (Lipinski definition) is 0. The fourth-order valence-electron chi connectivity index (χ4n) is 1.04. The van der Waals surface area contributed by atoms with Crippen molar-refractivity contribution in [3.8, 4) is 0 Å². The monoisotopic (exact) mass is 264 g/mol. The highest BCUT2D eigenvalue weighted by molar-refractivity contribution is 14.1. The van der Waals surface area contributed by atoms with Gasteiger partial charge in [0.15, 0.2) is 28.8 Å². The minimum absolute atomic E-state index is 0.0765. The molecule has 3 heteroatoms. The van der Waals surface area contributed by atoms with Crippen LogP contribution in [0.15, 0.2) is 23.5 Å². The van der Waals surface area contributed by atoms with Crippen LogP contribution < -0.4 is 0 Å². The van der Waals surface area contributed by atoms with Crippen molar-refractivity contribution in [2.45, 2.75) is 19.8 Å². The molecule has 1 rings (SSSR count). The zero-order chi connectivity index (χ0) is 8.27. The average Bonchev–Trinajstić information content (AvgIpc) is 2.04. The van der Waals surface area contributed by atoms with Gasteiger partial charge in [0.1, 0.15) is 5.76 Å². The largest absolute Gasteiger partial charge is 0.427 e. The molecule has 0 aliphatic heterocycles. The van der Waals surface area contributed by atoms with Crippen molar-refractivity contribution in [1.29, 1.82) is 0 Å². The van der Waals surface area contributed by atoms with Gasteiger partial charge in [0.25, 0.3) is 0 Å². The molecule has 0 unspecified atom stereocenters. The molecule has 0 N–H and O–H groups in total. The second-order valence-electron chi connectivity index (χ2n) is 2.40. The lowest BCUT2D eigenvalue weighted by Crippen LogP contribution is -2.03. The molecule has 2 nitrogen and oxygen atoms in total. The zero-order valence-corrected chi connectivity index (χ0v) is 8.42. The second-order valence-corrected chi connectivity index (χ2v) is 2.84. The summed E-state index contributed by atoms with van der Waals surface area (Å²) in [6.07, 6.45) is 5.78. The highest BCUT2D eigenvalue weighted by Gasteiger charge is 2.13. The molecule has 0 bridgehead atoms. The Bertz CT molecular complexity index is 228. The Morgan fingerprint density at radius 2 is 2.18 bits per heavy atom. The first kappa shape index (κ1) is 8.77. The van der Waals surface area contributed by atoms with E-state index in [2.05, 4.69) is 0 Å². The van der Waals surface area contributed by atoms with E-state index in [0.29, 0.717) is 11.3 Å². The van der Waals surface area contributed by atoms with Crippen LogP contribution in [0.3, 0.4) is 0 Å². The molecule has 0 aromatic rings. The van der Waals surface area contributed by atoms with Gasteiger partial charge in [0, 0.05) is 0 Å². The number of carbonyl (C=O) groups excluding carboxylic acids is 1. The van der Waals surface area contributed by atoms with Crippen molar-refractivity contribution in [2.75, 3.05) is 0 Å². The molecule has 0 heterocycles. The Morgan fingerprint density at radius 3 is 2.64 bits per heavy atom. The van der Waals surface area contributed by atoms with Crippen LogP contribution in [-0.4, -0.2) is 5.78 Å². The molecular formula is C8H9IO2. The second kappa shape index (κ2) is 3.90. The molecule has 0 fully saturated rings. The van der Waals surface area contributed by atoms with Gasteiger partial charge in [0.05, 0.1) is 5.57 Å². The maximum atomic E-state index is 11.0. The molecule has 1 aliphatic rings. The topological polar surface area (TPSA) is 26.3 Å². The van der Waals surface area contributed by atoms with E-state index in [-0.39, 0.29) is 5.78 Å². The Balaban J connectivity index is 2.83. The standard InChI is InChI=1S/C8H9IO2/c1-6(10)7-4-2-3-5-8(7)11-9/h4-5H,2-3H2,1H3. The predicted molar refractivity (Wildman–Crippen MR) is 51.2 cm³/mol. The van der Waals surface area contributed by atoms with Gasteiger partial charge in [-0.05, 0) is 25.8 Å². The van der Waals surface area contributed by atoms with Crippen LogP contribution >= 0.6 is 23.0 Å². The molecule has 0 spiro atoms. The highest BCUT2D eigenvalue weighted by atomic mass is 127. The van der Waals surface area contributed by atoms with E-state index in [1.165, 1.54) is 0 Å². The van der Waals surface area contributed by atoms with Gasteiger partial charge in [-0.2, -0.15) is 0 Å². The summed E-state index contributed by atoms with van der Waals surface area (Å²) in [5.41, 5.74) is 0.714. The normalized spacial score (nSPS) is 16.9. The zero-order valence-electron chi connectivity index (χ0n) is 6.26. The summed E-state index contributed by atoms with van der Waals surface area (Å²) in [6.45, 7) is 1.56. The number of Topliss-reactive ketones (excluding diaryl/α,β-unsaturated/α-hetero) is 1.